The van der Waals surface area contributed by atoms with E-state index in [1.807, 2.05) is 0 Å². The summed E-state index contributed by atoms with van der Waals surface area (Å²) in [7, 11) is -3.09. The van der Waals surface area contributed by atoms with Crippen LogP contribution in [-0.2, 0) is 9.84 Å². The molecule has 9 heavy (non-hydrogen) atoms. The molecule has 0 unspecified atom stereocenters. The summed E-state index contributed by atoms with van der Waals surface area (Å²) < 4.78 is 21.8. The van der Waals surface area contributed by atoms with Gasteiger partial charge in [-0.15, -0.1) is 0 Å². The van der Waals surface area contributed by atoms with Crippen molar-refractivity contribution in [2.45, 2.75) is 13.8 Å². The first-order valence-electron chi connectivity index (χ1n) is 2.51. The van der Waals surface area contributed by atoms with Gasteiger partial charge in [0.15, 0.2) is 0 Å². The van der Waals surface area contributed by atoms with E-state index in [1.54, 1.807) is 0 Å². The van der Waals surface area contributed by atoms with E-state index in [2.05, 4.69) is 4.99 Å². The van der Waals surface area contributed by atoms with Gasteiger partial charge in [-0.1, -0.05) is 0 Å². The quantitative estimate of drug-likeness (QED) is 0.503. The standard InChI is InChI=1S/C5H7NO2S/c1-4-3-6-5(2)9(4,7)8/h3H,1-2H3. The minimum Gasteiger partial charge on any atom is -0.248 e. The molecule has 0 bridgehead atoms. The van der Waals surface area contributed by atoms with Gasteiger partial charge in [0.1, 0.15) is 5.04 Å². The monoisotopic (exact) mass is 145 g/mol. The van der Waals surface area contributed by atoms with Crippen molar-refractivity contribution in [1.29, 1.82) is 0 Å². The lowest BCUT2D eigenvalue weighted by Crippen LogP contribution is -2.06. The Hall–Kier alpha value is -0.640. The van der Waals surface area contributed by atoms with E-state index in [4.69, 9.17) is 0 Å². The molecule has 0 radical (unpaired) electrons. The zero-order chi connectivity index (χ0) is 7.07. The highest BCUT2D eigenvalue weighted by Gasteiger charge is 2.21. The highest BCUT2D eigenvalue weighted by Crippen LogP contribution is 2.14. The highest BCUT2D eigenvalue weighted by molar-refractivity contribution is 8.09. The molecule has 1 aliphatic heterocycles. The summed E-state index contributed by atoms with van der Waals surface area (Å²) in [5.41, 5.74) is 0. The molecule has 0 aromatic rings. The van der Waals surface area contributed by atoms with Crippen molar-refractivity contribution in [2.24, 2.45) is 4.99 Å². The average molecular weight is 145 g/mol. The molecule has 0 amide bonds. The second kappa shape index (κ2) is 1.67. The lowest BCUT2D eigenvalue weighted by Gasteiger charge is -1.91. The number of rotatable bonds is 0. The van der Waals surface area contributed by atoms with E-state index in [-0.39, 0.29) is 5.04 Å². The Morgan fingerprint density at radius 1 is 1.44 bits per heavy atom. The van der Waals surface area contributed by atoms with Crippen LogP contribution in [0.25, 0.3) is 0 Å². The van der Waals surface area contributed by atoms with Crippen molar-refractivity contribution in [3.05, 3.63) is 11.1 Å². The van der Waals surface area contributed by atoms with E-state index in [1.165, 1.54) is 20.0 Å². The Balaban J connectivity index is 3.29. The van der Waals surface area contributed by atoms with E-state index < -0.39 is 9.84 Å². The summed E-state index contributed by atoms with van der Waals surface area (Å²) >= 11 is 0. The predicted molar refractivity (Wildman–Crippen MR) is 35.8 cm³/mol. The molecule has 0 fully saturated rings. The van der Waals surface area contributed by atoms with Crippen LogP contribution in [-0.4, -0.2) is 13.5 Å². The Labute approximate surface area is 54.0 Å². The summed E-state index contributed by atoms with van der Waals surface area (Å²) in [6.45, 7) is 3.03. The fourth-order valence-electron chi connectivity index (χ4n) is 0.554. The number of hydrogen-bond donors (Lipinski definition) is 0. The van der Waals surface area contributed by atoms with Crippen LogP contribution in [0.15, 0.2) is 16.1 Å². The smallest absolute Gasteiger partial charge is 0.217 e. The van der Waals surface area contributed by atoms with Gasteiger partial charge in [-0.3, -0.25) is 0 Å². The summed E-state index contributed by atoms with van der Waals surface area (Å²) in [6, 6.07) is 0. The van der Waals surface area contributed by atoms with Gasteiger partial charge < -0.3 is 0 Å². The molecule has 1 heterocycles. The maximum Gasteiger partial charge on any atom is 0.217 e. The molecule has 1 aliphatic rings. The largest absolute Gasteiger partial charge is 0.248 e. The van der Waals surface area contributed by atoms with Gasteiger partial charge in [-0.25, -0.2) is 13.4 Å². The first kappa shape index (κ1) is 6.48. The summed E-state index contributed by atoms with van der Waals surface area (Å²) in [5.74, 6) is 0. The fourth-order valence-corrected chi connectivity index (χ4v) is 1.40. The number of nitrogens with zero attached hydrogens (tertiary/aromatic N) is 1. The predicted octanol–water partition coefficient (Wildman–Crippen LogP) is 0.695. The van der Waals surface area contributed by atoms with Crippen LogP contribution in [0.5, 0.6) is 0 Å². The minimum absolute atomic E-state index is 0.194. The SMILES string of the molecule is CC1=CN=C(C)S1(=O)=O. The second-order valence-electron chi connectivity index (χ2n) is 1.89. The fraction of sp³-hybridized carbons (Fsp3) is 0.400. The molecule has 0 saturated heterocycles. The van der Waals surface area contributed by atoms with Gasteiger partial charge in [0, 0.05) is 6.20 Å². The number of sulfone groups is 1. The Kier molecular flexibility index (Phi) is 1.20. The molecular formula is C5H7NO2S. The third-order valence-corrected chi connectivity index (χ3v) is 3.08. The lowest BCUT2D eigenvalue weighted by molar-refractivity contribution is 0.613. The van der Waals surface area contributed by atoms with Crippen molar-refractivity contribution in [2.75, 3.05) is 0 Å². The normalized spacial score (nSPS) is 23.3. The van der Waals surface area contributed by atoms with E-state index in [0.717, 1.165) is 0 Å². The lowest BCUT2D eigenvalue weighted by atomic mass is 10.7. The van der Waals surface area contributed by atoms with Gasteiger partial charge in [0.05, 0.1) is 4.91 Å². The van der Waals surface area contributed by atoms with E-state index in [0.29, 0.717) is 4.91 Å². The number of hydrogen-bond acceptors (Lipinski definition) is 3. The van der Waals surface area contributed by atoms with Crippen LogP contribution >= 0.6 is 0 Å². The van der Waals surface area contributed by atoms with Crippen molar-refractivity contribution in [1.82, 2.24) is 0 Å². The molecule has 3 nitrogen and oxygen atoms in total. The minimum atomic E-state index is -3.09. The third kappa shape index (κ3) is 0.790. The van der Waals surface area contributed by atoms with Crippen LogP contribution in [0.1, 0.15) is 13.8 Å². The van der Waals surface area contributed by atoms with Gasteiger partial charge >= 0.3 is 0 Å². The summed E-state index contributed by atoms with van der Waals surface area (Å²) in [6.07, 6.45) is 1.37. The molecular weight excluding hydrogens is 138 g/mol. The van der Waals surface area contributed by atoms with Crippen molar-refractivity contribution in [3.8, 4) is 0 Å². The Bertz CT molecular complexity index is 260. The molecule has 0 aromatic carbocycles. The first-order chi connectivity index (χ1) is 4.05. The van der Waals surface area contributed by atoms with Crippen LogP contribution < -0.4 is 0 Å². The molecule has 1 rings (SSSR count). The topological polar surface area (TPSA) is 46.5 Å². The molecule has 0 aliphatic carbocycles. The van der Waals surface area contributed by atoms with Crippen molar-refractivity contribution < 1.29 is 8.42 Å². The van der Waals surface area contributed by atoms with Gasteiger partial charge in [0.25, 0.3) is 0 Å². The van der Waals surface area contributed by atoms with Gasteiger partial charge in [-0.05, 0) is 13.8 Å². The molecule has 4 heteroatoms. The van der Waals surface area contributed by atoms with Gasteiger partial charge in [0.2, 0.25) is 9.84 Å². The summed E-state index contributed by atoms with van der Waals surface area (Å²) in [5, 5.41) is 0.194. The maximum atomic E-state index is 10.9. The molecule has 0 aromatic heterocycles. The van der Waals surface area contributed by atoms with Crippen LogP contribution in [0, 0.1) is 0 Å². The van der Waals surface area contributed by atoms with Crippen LogP contribution in [0.3, 0.4) is 0 Å². The van der Waals surface area contributed by atoms with Crippen LogP contribution in [0.2, 0.25) is 0 Å². The Morgan fingerprint density at radius 3 is 2.11 bits per heavy atom. The second-order valence-corrected chi connectivity index (χ2v) is 4.13. The maximum absolute atomic E-state index is 10.9. The molecule has 50 valence electrons. The van der Waals surface area contributed by atoms with Crippen molar-refractivity contribution >= 4 is 14.9 Å². The molecule has 0 atom stereocenters. The zero-order valence-electron chi connectivity index (χ0n) is 5.25. The first-order valence-corrected chi connectivity index (χ1v) is 4.00. The molecule has 0 N–H and O–H groups in total. The zero-order valence-corrected chi connectivity index (χ0v) is 6.07. The third-order valence-electron chi connectivity index (χ3n) is 1.24. The number of allylic oxidation sites excluding steroid dienone is 1. The highest BCUT2D eigenvalue weighted by atomic mass is 32.2. The number of aliphatic imine (C=N–C) groups is 1. The molecule has 0 saturated carbocycles. The van der Waals surface area contributed by atoms with Crippen LogP contribution in [0.4, 0.5) is 0 Å². The van der Waals surface area contributed by atoms with E-state index >= 15 is 0 Å². The van der Waals surface area contributed by atoms with Crippen molar-refractivity contribution in [3.63, 3.8) is 0 Å². The average Bonchev–Trinajstić information content (AvgIpc) is 1.96. The summed E-state index contributed by atoms with van der Waals surface area (Å²) in [4.78, 5) is 3.97. The van der Waals surface area contributed by atoms with E-state index in [9.17, 15) is 8.42 Å². The molecule has 0 spiro atoms. The van der Waals surface area contributed by atoms with Gasteiger partial charge in [-0.2, -0.15) is 0 Å². The Morgan fingerprint density at radius 2 is 2.00 bits per heavy atom.